The van der Waals surface area contributed by atoms with Gasteiger partial charge in [0.25, 0.3) is 5.56 Å². The monoisotopic (exact) mass is 461 g/mol. The molecule has 1 fully saturated rings. The number of alkyl halides is 3. The van der Waals surface area contributed by atoms with E-state index in [1.807, 2.05) is 0 Å². The van der Waals surface area contributed by atoms with E-state index in [0.717, 1.165) is 12.1 Å². The van der Waals surface area contributed by atoms with E-state index in [0.29, 0.717) is 29.6 Å². The maximum atomic E-state index is 13.0. The largest absolute Gasteiger partial charge is 0.416 e. The number of fused-ring (bicyclic) bond motifs is 1. The van der Waals surface area contributed by atoms with E-state index in [1.54, 1.807) is 7.05 Å². The van der Waals surface area contributed by atoms with Gasteiger partial charge >= 0.3 is 6.18 Å². The van der Waals surface area contributed by atoms with E-state index in [2.05, 4.69) is 20.6 Å². The highest BCUT2D eigenvalue weighted by Crippen LogP contribution is 2.34. The van der Waals surface area contributed by atoms with Crippen LogP contribution in [0.15, 0.2) is 41.6 Å². The standard InChI is InChI=1S/C22H22F3N5O3/c1-30-12-29-17-15(13-3-5-14(6-4-13)22(23,24)25)9-27-18(16(17)19(30)31)28-10-21(11-33-2)7-8-26-20(21)32/h3-6,9,12H,7-8,10-11H2,1-2H3,(H,26,32)(H,27,28)/t21-/m1/s1. The molecule has 2 N–H and O–H groups in total. The number of amides is 1. The summed E-state index contributed by atoms with van der Waals surface area (Å²) in [5.74, 6) is 0.0955. The van der Waals surface area contributed by atoms with Gasteiger partial charge < -0.3 is 19.9 Å². The first-order valence-corrected chi connectivity index (χ1v) is 10.2. The average Bonchev–Trinajstić information content (AvgIpc) is 3.14. The van der Waals surface area contributed by atoms with Gasteiger partial charge in [0.05, 0.1) is 29.4 Å². The number of benzene rings is 1. The number of aryl methyl sites for hydroxylation is 1. The number of hydrogen-bond donors (Lipinski definition) is 2. The number of rotatable bonds is 6. The third-order valence-electron chi connectivity index (χ3n) is 5.85. The lowest BCUT2D eigenvalue weighted by atomic mass is 9.87. The number of nitrogens with zero attached hydrogens (tertiary/aromatic N) is 3. The summed E-state index contributed by atoms with van der Waals surface area (Å²) >= 11 is 0. The van der Waals surface area contributed by atoms with E-state index < -0.39 is 17.2 Å². The number of hydrogen-bond acceptors (Lipinski definition) is 6. The predicted octanol–water partition coefficient (Wildman–Crippen LogP) is 2.58. The predicted molar refractivity (Wildman–Crippen MR) is 116 cm³/mol. The van der Waals surface area contributed by atoms with Crippen LogP contribution in [0.3, 0.4) is 0 Å². The van der Waals surface area contributed by atoms with Crippen LogP contribution in [0.2, 0.25) is 0 Å². The summed E-state index contributed by atoms with van der Waals surface area (Å²) in [4.78, 5) is 34.1. The maximum absolute atomic E-state index is 13.0. The molecular weight excluding hydrogens is 439 g/mol. The number of methoxy groups -OCH3 is 1. The van der Waals surface area contributed by atoms with Gasteiger partial charge in [-0.25, -0.2) is 9.97 Å². The Morgan fingerprint density at radius 3 is 2.55 bits per heavy atom. The van der Waals surface area contributed by atoms with Crippen molar-refractivity contribution < 1.29 is 22.7 Å². The SMILES string of the molecule is COC[C@]1(CNc2ncc(-c3ccc(C(F)(F)F)cc3)c3ncn(C)c(=O)c23)CCNC1=O. The van der Waals surface area contributed by atoms with Gasteiger partial charge in [-0.15, -0.1) is 0 Å². The highest BCUT2D eigenvalue weighted by Gasteiger charge is 2.42. The van der Waals surface area contributed by atoms with Crippen LogP contribution in [0.4, 0.5) is 19.0 Å². The molecule has 1 atom stereocenters. The zero-order valence-corrected chi connectivity index (χ0v) is 18.0. The molecule has 1 amide bonds. The van der Waals surface area contributed by atoms with Crippen LogP contribution in [-0.2, 0) is 22.8 Å². The molecule has 3 heterocycles. The van der Waals surface area contributed by atoms with Gasteiger partial charge in [-0.05, 0) is 24.1 Å². The molecular formula is C22H22F3N5O3. The number of carbonyl (C=O) groups excluding carboxylic acids is 1. The Morgan fingerprint density at radius 2 is 1.94 bits per heavy atom. The first kappa shape index (κ1) is 22.7. The van der Waals surface area contributed by atoms with Gasteiger partial charge in [-0.3, -0.25) is 9.59 Å². The molecule has 33 heavy (non-hydrogen) atoms. The molecule has 0 bridgehead atoms. The van der Waals surface area contributed by atoms with Crippen molar-refractivity contribution in [2.24, 2.45) is 12.5 Å². The summed E-state index contributed by atoms with van der Waals surface area (Å²) in [6.07, 6.45) is -1.09. The zero-order valence-electron chi connectivity index (χ0n) is 18.0. The Morgan fingerprint density at radius 1 is 1.21 bits per heavy atom. The number of ether oxygens (including phenoxy) is 1. The number of carbonyl (C=O) groups is 1. The van der Waals surface area contributed by atoms with Gasteiger partial charge in [0.2, 0.25) is 5.91 Å². The summed E-state index contributed by atoms with van der Waals surface area (Å²) in [5.41, 5.74) is -0.787. The second kappa shape index (κ2) is 8.47. The molecule has 0 unspecified atom stereocenters. The Labute approximate surface area is 186 Å². The molecule has 1 aliphatic rings. The van der Waals surface area contributed by atoms with Crippen molar-refractivity contribution in [2.75, 3.05) is 32.1 Å². The normalized spacial score (nSPS) is 18.5. The van der Waals surface area contributed by atoms with E-state index in [1.165, 1.54) is 36.3 Å². The Balaban J connectivity index is 1.76. The lowest BCUT2D eigenvalue weighted by molar-refractivity contribution is -0.137. The van der Waals surface area contributed by atoms with Crippen molar-refractivity contribution in [3.8, 4) is 11.1 Å². The fourth-order valence-electron chi connectivity index (χ4n) is 4.00. The topological polar surface area (TPSA) is 98.1 Å². The summed E-state index contributed by atoms with van der Waals surface area (Å²) in [6, 6.07) is 4.59. The second-order valence-electron chi connectivity index (χ2n) is 8.05. The van der Waals surface area contributed by atoms with Crippen LogP contribution in [0.5, 0.6) is 0 Å². The first-order valence-electron chi connectivity index (χ1n) is 10.2. The minimum atomic E-state index is -4.45. The van der Waals surface area contributed by atoms with Crippen molar-refractivity contribution in [1.82, 2.24) is 19.9 Å². The molecule has 0 spiro atoms. The van der Waals surface area contributed by atoms with Crippen LogP contribution in [0, 0.1) is 5.41 Å². The fourth-order valence-corrected chi connectivity index (χ4v) is 4.00. The first-order chi connectivity index (χ1) is 15.7. The van der Waals surface area contributed by atoms with Crippen molar-refractivity contribution in [3.05, 3.63) is 52.7 Å². The highest BCUT2D eigenvalue weighted by atomic mass is 19.4. The Kier molecular flexibility index (Phi) is 5.83. The van der Waals surface area contributed by atoms with Crippen molar-refractivity contribution in [1.29, 1.82) is 0 Å². The van der Waals surface area contributed by atoms with Crippen LogP contribution < -0.4 is 16.2 Å². The summed E-state index contributed by atoms with van der Waals surface area (Å²) in [5, 5.41) is 6.09. The maximum Gasteiger partial charge on any atom is 0.416 e. The lowest BCUT2D eigenvalue weighted by Gasteiger charge is -2.26. The molecule has 0 aliphatic carbocycles. The molecule has 3 aromatic rings. The molecule has 1 saturated heterocycles. The van der Waals surface area contributed by atoms with Gasteiger partial charge in [-0.1, -0.05) is 12.1 Å². The van der Waals surface area contributed by atoms with Crippen LogP contribution in [0.1, 0.15) is 12.0 Å². The van der Waals surface area contributed by atoms with Gasteiger partial charge in [-0.2, -0.15) is 13.2 Å². The third kappa shape index (κ3) is 4.15. The number of anilines is 1. The van der Waals surface area contributed by atoms with Gasteiger partial charge in [0.15, 0.2) is 0 Å². The number of pyridine rings is 1. The minimum Gasteiger partial charge on any atom is -0.383 e. The molecule has 4 rings (SSSR count). The molecule has 0 saturated carbocycles. The van der Waals surface area contributed by atoms with Gasteiger partial charge in [0.1, 0.15) is 11.2 Å². The van der Waals surface area contributed by atoms with Crippen molar-refractivity contribution in [3.63, 3.8) is 0 Å². The van der Waals surface area contributed by atoms with Crippen LogP contribution in [0.25, 0.3) is 22.0 Å². The molecule has 2 aromatic heterocycles. The smallest absolute Gasteiger partial charge is 0.383 e. The van der Waals surface area contributed by atoms with E-state index >= 15 is 0 Å². The van der Waals surface area contributed by atoms with Crippen molar-refractivity contribution in [2.45, 2.75) is 12.6 Å². The van der Waals surface area contributed by atoms with Gasteiger partial charge in [0, 0.05) is 39.0 Å². The van der Waals surface area contributed by atoms with Crippen molar-refractivity contribution >= 4 is 22.6 Å². The molecule has 174 valence electrons. The Bertz CT molecular complexity index is 1260. The quantitative estimate of drug-likeness (QED) is 0.586. The third-order valence-corrected chi connectivity index (χ3v) is 5.85. The van der Waals surface area contributed by atoms with E-state index in [4.69, 9.17) is 4.74 Å². The van der Waals surface area contributed by atoms with Crippen LogP contribution >= 0.6 is 0 Å². The minimum absolute atomic E-state index is 0.145. The van der Waals surface area contributed by atoms with E-state index in [-0.39, 0.29) is 35.8 Å². The average molecular weight is 461 g/mol. The van der Waals surface area contributed by atoms with Crippen LogP contribution in [-0.4, -0.2) is 47.2 Å². The lowest BCUT2D eigenvalue weighted by Crippen LogP contribution is -2.41. The Hall–Kier alpha value is -3.47. The van der Waals surface area contributed by atoms with E-state index in [9.17, 15) is 22.8 Å². The molecule has 8 nitrogen and oxygen atoms in total. The zero-order chi connectivity index (χ0) is 23.8. The molecule has 11 heteroatoms. The molecule has 1 aliphatic heterocycles. The molecule has 1 aromatic carbocycles. The number of nitrogens with one attached hydrogen (secondary N) is 2. The fraction of sp³-hybridized carbons (Fsp3) is 0.364. The number of halogens is 3. The summed E-state index contributed by atoms with van der Waals surface area (Å²) in [6.45, 7) is 0.907. The summed E-state index contributed by atoms with van der Waals surface area (Å²) < 4.78 is 45.4. The second-order valence-corrected chi connectivity index (χ2v) is 8.05. The highest BCUT2D eigenvalue weighted by molar-refractivity contribution is 5.98. The molecule has 0 radical (unpaired) electrons. The number of aromatic nitrogens is 3. The summed E-state index contributed by atoms with van der Waals surface area (Å²) in [7, 11) is 3.06.